The summed E-state index contributed by atoms with van der Waals surface area (Å²) in [4.78, 5) is 14.5. The fraction of sp³-hybridized carbons (Fsp3) is 0.929. The van der Waals surface area contributed by atoms with Crippen LogP contribution in [0.15, 0.2) is 0 Å². The minimum atomic E-state index is -0.0519. The molecule has 110 valence electrons. The topological polar surface area (TPSA) is 61.8 Å². The molecule has 5 nitrogen and oxygen atoms in total. The number of amides is 1. The van der Waals surface area contributed by atoms with Gasteiger partial charge in [-0.3, -0.25) is 4.79 Å². The number of likely N-dealkylation sites (tertiary alicyclic amines) is 1. The predicted molar refractivity (Wildman–Crippen MR) is 72.8 cm³/mol. The minimum Gasteiger partial charge on any atom is -0.396 e. The van der Waals surface area contributed by atoms with Gasteiger partial charge in [0.25, 0.3) is 0 Å². The van der Waals surface area contributed by atoms with E-state index in [0.717, 1.165) is 32.4 Å². The summed E-state index contributed by atoms with van der Waals surface area (Å²) >= 11 is 0. The van der Waals surface area contributed by atoms with Crippen LogP contribution in [0.5, 0.6) is 0 Å². The Kier molecular flexibility index (Phi) is 5.60. The molecule has 1 amide bonds. The van der Waals surface area contributed by atoms with Gasteiger partial charge in [0.15, 0.2) is 0 Å². The molecule has 2 heterocycles. The van der Waals surface area contributed by atoms with Crippen LogP contribution >= 0.6 is 0 Å². The van der Waals surface area contributed by atoms with E-state index in [-0.39, 0.29) is 30.4 Å². The number of carbonyl (C=O) groups is 1. The highest BCUT2D eigenvalue weighted by molar-refractivity contribution is 5.80. The average molecular weight is 270 g/mol. The number of nitrogens with zero attached hydrogens (tertiary/aromatic N) is 1. The maximum atomic E-state index is 12.6. The molecule has 0 bridgehead atoms. The zero-order chi connectivity index (χ0) is 13.7. The fourth-order valence-corrected chi connectivity index (χ4v) is 2.98. The number of carbonyl (C=O) groups excluding carboxylic acids is 1. The first-order valence-corrected chi connectivity index (χ1v) is 7.47. The van der Waals surface area contributed by atoms with Crippen molar-refractivity contribution in [3.63, 3.8) is 0 Å². The second kappa shape index (κ2) is 7.22. The van der Waals surface area contributed by atoms with E-state index in [9.17, 15) is 9.90 Å². The maximum absolute atomic E-state index is 12.6. The summed E-state index contributed by atoms with van der Waals surface area (Å²) < 4.78 is 5.47. The molecule has 0 aromatic heterocycles. The van der Waals surface area contributed by atoms with Gasteiger partial charge < -0.3 is 20.1 Å². The zero-order valence-corrected chi connectivity index (χ0v) is 11.8. The third-order valence-electron chi connectivity index (χ3n) is 4.14. The van der Waals surface area contributed by atoms with Crippen LogP contribution in [0.2, 0.25) is 0 Å². The van der Waals surface area contributed by atoms with Gasteiger partial charge in [0.2, 0.25) is 5.91 Å². The molecule has 3 unspecified atom stereocenters. The molecular weight excluding hydrogens is 244 g/mol. The summed E-state index contributed by atoms with van der Waals surface area (Å²) in [5.74, 6) is 0.398. The van der Waals surface area contributed by atoms with Crippen molar-refractivity contribution in [2.75, 3.05) is 39.5 Å². The van der Waals surface area contributed by atoms with Crippen LogP contribution in [0, 0.1) is 11.8 Å². The third-order valence-corrected chi connectivity index (χ3v) is 4.14. The summed E-state index contributed by atoms with van der Waals surface area (Å²) in [6.45, 7) is 5.92. The van der Waals surface area contributed by atoms with Crippen molar-refractivity contribution in [1.29, 1.82) is 0 Å². The summed E-state index contributed by atoms with van der Waals surface area (Å²) in [5.41, 5.74) is 0. The molecule has 2 aliphatic rings. The number of piperidine rings is 1. The van der Waals surface area contributed by atoms with Crippen molar-refractivity contribution in [3.05, 3.63) is 0 Å². The van der Waals surface area contributed by atoms with Crippen molar-refractivity contribution >= 4 is 5.91 Å². The number of rotatable bonds is 5. The number of aliphatic hydroxyl groups is 1. The van der Waals surface area contributed by atoms with E-state index in [0.29, 0.717) is 19.8 Å². The number of ether oxygens (including phenoxy) is 1. The molecule has 0 aromatic rings. The lowest BCUT2D eigenvalue weighted by Gasteiger charge is -2.34. The van der Waals surface area contributed by atoms with Gasteiger partial charge in [-0.25, -0.2) is 0 Å². The van der Waals surface area contributed by atoms with E-state index >= 15 is 0 Å². The molecule has 19 heavy (non-hydrogen) atoms. The molecule has 3 atom stereocenters. The van der Waals surface area contributed by atoms with Gasteiger partial charge in [-0.1, -0.05) is 6.92 Å². The molecule has 2 aliphatic heterocycles. The lowest BCUT2D eigenvalue weighted by molar-refractivity contribution is -0.138. The fourth-order valence-electron chi connectivity index (χ4n) is 2.98. The lowest BCUT2D eigenvalue weighted by atomic mass is 9.95. The number of hydrogen-bond donors (Lipinski definition) is 2. The predicted octanol–water partition coefficient (Wildman–Crippen LogP) is 0.232. The second-order valence-electron chi connectivity index (χ2n) is 5.68. The third kappa shape index (κ3) is 3.68. The van der Waals surface area contributed by atoms with Gasteiger partial charge in [-0.2, -0.15) is 0 Å². The molecule has 0 aromatic carbocycles. The quantitative estimate of drug-likeness (QED) is 0.751. The molecule has 0 radical (unpaired) electrons. The van der Waals surface area contributed by atoms with E-state index in [1.54, 1.807) is 0 Å². The highest BCUT2D eigenvalue weighted by Gasteiger charge is 2.37. The Hall–Kier alpha value is -0.650. The lowest BCUT2D eigenvalue weighted by Crippen LogP contribution is -2.49. The van der Waals surface area contributed by atoms with E-state index < -0.39 is 0 Å². The molecule has 0 saturated carbocycles. The summed E-state index contributed by atoms with van der Waals surface area (Å²) in [6, 6.07) is 0.155. The highest BCUT2D eigenvalue weighted by atomic mass is 16.5. The Morgan fingerprint density at radius 1 is 1.47 bits per heavy atom. The molecule has 5 heteroatoms. The Morgan fingerprint density at radius 3 is 3.05 bits per heavy atom. The first-order chi connectivity index (χ1) is 9.26. The Morgan fingerprint density at radius 2 is 2.32 bits per heavy atom. The van der Waals surface area contributed by atoms with Crippen LogP contribution in [-0.2, 0) is 9.53 Å². The first-order valence-electron chi connectivity index (χ1n) is 7.47. The Balaban J connectivity index is 1.90. The van der Waals surface area contributed by atoms with E-state index in [1.165, 1.54) is 0 Å². The van der Waals surface area contributed by atoms with E-state index in [4.69, 9.17) is 4.74 Å². The molecule has 2 fully saturated rings. The monoisotopic (exact) mass is 270 g/mol. The van der Waals surface area contributed by atoms with Crippen molar-refractivity contribution in [2.45, 2.75) is 32.2 Å². The van der Waals surface area contributed by atoms with E-state index in [2.05, 4.69) is 12.2 Å². The molecule has 0 spiro atoms. The first kappa shape index (κ1) is 14.8. The van der Waals surface area contributed by atoms with Crippen LogP contribution in [-0.4, -0.2) is 61.4 Å². The van der Waals surface area contributed by atoms with Crippen molar-refractivity contribution in [3.8, 4) is 0 Å². The average Bonchev–Trinajstić information content (AvgIpc) is 2.92. The van der Waals surface area contributed by atoms with Crippen LogP contribution in [0.4, 0.5) is 0 Å². The van der Waals surface area contributed by atoms with E-state index in [1.807, 2.05) is 4.90 Å². The van der Waals surface area contributed by atoms with Gasteiger partial charge in [-0.05, 0) is 31.7 Å². The van der Waals surface area contributed by atoms with Crippen LogP contribution in [0.1, 0.15) is 26.2 Å². The number of hydrogen-bond acceptors (Lipinski definition) is 4. The molecule has 0 aliphatic carbocycles. The van der Waals surface area contributed by atoms with Crippen molar-refractivity contribution in [2.24, 2.45) is 11.8 Å². The molecular formula is C14H26N2O3. The molecule has 2 rings (SSSR count). The normalized spacial score (nSPS) is 31.7. The van der Waals surface area contributed by atoms with Crippen LogP contribution in [0.3, 0.4) is 0 Å². The Labute approximate surface area is 115 Å². The van der Waals surface area contributed by atoms with Gasteiger partial charge in [0, 0.05) is 25.7 Å². The maximum Gasteiger partial charge on any atom is 0.229 e. The molecule has 2 N–H and O–H groups in total. The second-order valence-corrected chi connectivity index (χ2v) is 5.68. The van der Waals surface area contributed by atoms with Gasteiger partial charge >= 0.3 is 0 Å². The highest BCUT2D eigenvalue weighted by Crippen LogP contribution is 2.22. The summed E-state index contributed by atoms with van der Waals surface area (Å²) in [5, 5.41) is 12.7. The van der Waals surface area contributed by atoms with Crippen molar-refractivity contribution in [1.82, 2.24) is 10.2 Å². The Bertz CT molecular complexity index is 298. The largest absolute Gasteiger partial charge is 0.396 e. The summed E-state index contributed by atoms with van der Waals surface area (Å²) in [7, 11) is 0. The van der Waals surface area contributed by atoms with Crippen LogP contribution < -0.4 is 5.32 Å². The van der Waals surface area contributed by atoms with Gasteiger partial charge in [0.1, 0.15) is 0 Å². The number of nitrogens with one attached hydrogen (secondary N) is 1. The van der Waals surface area contributed by atoms with Crippen molar-refractivity contribution < 1.29 is 14.6 Å². The smallest absolute Gasteiger partial charge is 0.229 e. The van der Waals surface area contributed by atoms with Gasteiger partial charge in [-0.15, -0.1) is 0 Å². The summed E-state index contributed by atoms with van der Waals surface area (Å²) in [6.07, 6.45) is 3.09. The van der Waals surface area contributed by atoms with Gasteiger partial charge in [0.05, 0.1) is 19.1 Å². The standard InChI is InChI=1S/C14H26N2O3/c1-2-5-15-13-10-19-9-12(13)14(18)16-6-3-4-11(7-16)8-17/h11-13,15,17H,2-10H2,1H3. The number of aliphatic hydroxyl groups excluding tert-OH is 1. The zero-order valence-electron chi connectivity index (χ0n) is 11.8. The van der Waals surface area contributed by atoms with Crippen LogP contribution in [0.25, 0.3) is 0 Å². The minimum absolute atomic E-state index is 0.0519. The SMILES string of the molecule is CCCNC1COCC1C(=O)N1CCCC(CO)C1. The molecule has 2 saturated heterocycles.